The molecule has 0 radical (unpaired) electrons. The van der Waals surface area contributed by atoms with Crippen LogP contribution in [0.5, 0.6) is 0 Å². The lowest BCUT2D eigenvalue weighted by atomic mass is 10.2. The Morgan fingerprint density at radius 2 is 2.21 bits per heavy atom. The van der Waals surface area contributed by atoms with Crippen molar-refractivity contribution in [3.05, 3.63) is 22.3 Å². The second kappa shape index (κ2) is 6.34. The normalized spacial score (nSPS) is 17.1. The number of ether oxygens (including phenoxy) is 1. The largest absolute Gasteiger partial charge is 0.378 e. The third kappa shape index (κ3) is 3.67. The zero-order chi connectivity index (χ0) is 13.8. The molecule has 2 heterocycles. The van der Waals surface area contributed by atoms with Crippen LogP contribution in [0.25, 0.3) is 0 Å². The maximum Gasteiger partial charge on any atom is 0.244 e. The Morgan fingerprint density at radius 3 is 2.84 bits per heavy atom. The standard InChI is InChI=1S/C13H18BrN3O2/c1-9-7-12(15-8-11(9)14)16-10(2)13(18)17-3-5-19-6-4-17/h7-8,10H,3-6H2,1-2H3,(H,15,16). The number of aromatic nitrogens is 1. The van der Waals surface area contributed by atoms with Crippen LogP contribution in [0.1, 0.15) is 12.5 Å². The first-order valence-corrected chi connectivity index (χ1v) is 7.12. The molecule has 104 valence electrons. The zero-order valence-corrected chi connectivity index (χ0v) is 12.7. The average Bonchev–Trinajstić information content (AvgIpc) is 2.43. The minimum Gasteiger partial charge on any atom is -0.378 e. The van der Waals surface area contributed by atoms with Crippen LogP contribution in [0.3, 0.4) is 0 Å². The number of amides is 1. The summed E-state index contributed by atoms with van der Waals surface area (Å²) in [5.74, 6) is 0.806. The molecule has 1 aliphatic rings. The number of carbonyl (C=O) groups excluding carboxylic acids is 1. The van der Waals surface area contributed by atoms with E-state index in [-0.39, 0.29) is 11.9 Å². The van der Waals surface area contributed by atoms with E-state index >= 15 is 0 Å². The Balaban J connectivity index is 1.97. The highest BCUT2D eigenvalue weighted by molar-refractivity contribution is 9.10. The quantitative estimate of drug-likeness (QED) is 0.920. The summed E-state index contributed by atoms with van der Waals surface area (Å²) in [6.07, 6.45) is 1.74. The molecule has 1 aromatic rings. The van der Waals surface area contributed by atoms with Gasteiger partial charge in [-0.2, -0.15) is 0 Å². The number of anilines is 1. The van der Waals surface area contributed by atoms with E-state index in [2.05, 4.69) is 26.2 Å². The van der Waals surface area contributed by atoms with Gasteiger partial charge in [-0.05, 0) is 41.4 Å². The summed E-state index contributed by atoms with van der Waals surface area (Å²) in [6, 6.07) is 1.64. The van der Waals surface area contributed by atoms with Crippen molar-refractivity contribution >= 4 is 27.7 Å². The van der Waals surface area contributed by atoms with E-state index in [0.29, 0.717) is 26.3 Å². The summed E-state index contributed by atoms with van der Waals surface area (Å²) in [7, 11) is 0. The summed E-state index contributed by atoms with van der Waals surface area (Å²) in [4.78, 5) is 18.3. The van der Waals surface area contributed by atoms with Gasteiger partial charge in [-0.15, -0.1) is 0 Å². The first kappa shape index (κ1) is 14.3. The van der Waals surface area contributed by atoms with Crippen LogP contribution in [0.4, 0.5) is 5.82 Å². The predicted octanol–water partition coefficient (Wildman–Crippen LogP) is 1.81. The molecule has 1 atom stereocenters. The number of pyridine rings is 1. The minimum absolute atomic E-state index is 0.0886. The number of carbonyl (C=O) groups is 1. The smallest absolute Gasteiger partial charge is 0.244 e. The Labute approximate surface area is 121 Å². The van der Waals surface area contributed by atoms with Crippen LogP contribution < -0.4 is 5.32 Å². The molecule has 6 heteroatoms. The molecule has 0 spiro atoms. The summed E-state index contributed by atoms with van der Waals surface area (Å²) in [5, 5.41) is 3.14. The van der Waals surface area contributed by atoms with Crippen molar-refractivity contribution in [1.82, 2.24) is 9.88 Å². The number of halogens is 1. The molecule has 1 aliphatic heterocycles. The van der Waals surface area contributed by atoms with Crippen molar-refractivity contribution in [1.29, 1.82) is 0 Å². The number of hydrogen-bond donors (Lipinski definition) is 1. The molecular weight excluding hydrogens is 310 g/mol. The fourth-order valence-corrected chi connectivity index (χ4v) is 2.18. The molecule has 2 rings (SSSR count). The Bertz CT molecular complexity index is 461. The topological polar surface area (TPSA) is 54.5 Å². The Morgan fingerprint density at radius 1 is 1.53 bits per heavy atom. The van der Waals surface area contributed by atoms with Gasteiger partial charge >= 0.3 is 0 Å². The Hall–Kier alpha value is -1.14. The second-order valence-electron chi connectivity index (χ2n) is 4.62. The fraction of sp³-hybridized carbons (Fsp3) is 0.538. The summed E-state index contributed by atoms with van der Waals surface area (Å²) >= 11 is 3.41. The highest BCUT2D eigenvalue weighted by Crippen LogP contribution is 2.18. The van der Waals surface area contributed by atoms with E-state index in [1.807, 2.05) is 24.8 Å². The van der Waals surface area contributed by atoms with Crippen molar-refractivity contribution in [3.8, 4) is 0 Å². The van der Waals surface area contributed by atoms with E-state index in [1.54, 1.807) is 6.20 Å². The van der Waals surface area contributed by atoms with Gasteiger partial charge in [-0.1, -0.05) is 0 Å². The van der Waals surface area contributed by atoms with Crippen LogP contribution in [-0.2, 0) is 9.53 Å². The van der Waals surface area contributed by atoms with E-state index in [1.165, 1.54) is 0 Å². The molecule has 0 saturated carbocycles. The number of nitrogens with one attached hydrogen (secondary N) is 1. The van der Waals surface area contributed by atoms with Crippen LogP contribution >= 0.6 is 15.9 Å². The molecule has 0 bridgehead atoms. The first-order valence-electron chi connectivity index (χ1n) is 6.33. The van der Waals surface area contributed by atoms with E-state index in [9.17, 15) is 4.79 Å². The predicted molar refractivity (Wildman–Crippen MR) is 77.2 cm³/mol. The SMILES string of the molecule is Cc1cc(NC(C)C(=O)N2CCOCC2)ncc1Br. The summed E-state index contributed by atoms with van der Waals surface area (Å²) in [6.45, 7) is 6.42. The molecule has 0 aromatic carbocycles. The molecule has 5 nitrogen and oxygen atoms in total. The number of rotatable bonds is 3. The Kier molecular flexibility index (Phi) is 4.76. The molecule has 1 unspecified atom stereocenters. The minimum atomic E-state index is -0.286. The summed E-state index contributed by atoms with van der Waals surface area (Å²) in [5.41, 5.74) is 1.09. The molecule has 19 heavy (non-hydrogen) atoms. The molecule has 1 N–H and O–H groups in total. The lowest BCUT2D eigenvalue weighted by Gasteiger charge is -2.29. The molecule has 0 aliphatic carbocycles. The number of aryl methyl sites for hydroxylation is 1. The fourth-order valence-electron chi connectivity index (χ4n) is 1.96. The van der Waals surface area contributed by atoms with Crippen molar-refractivity contribution in [3.63, 3.8) is 0 Å². The third-order valence-electron chi connectivity index (χ3n) is 3.10. The van der Waals surface area contributed by atoms with E-state index < -0.39 is 0 Å². The van der Waals surface area contributed by atoms with Crippen LogP contribution in [0, 0.1) is 6.92 Å². The second-order valence-corrected chi connectivity index (χ2v) is 5.48. The van der Waals surface area contributed by atoms with Crippen molar-refractivity contribution in [2.75, 3.05) is 31.6 Å². The van der Waals surface area contributed by atoms with Gasteiger partial charge in [0.1, 0.15) is 11.9 Å². The van der Waals surface area contributed by atoms with Crippen molar-refractivity contribution in [2.45, 2.75) is 19.9 Å². The summed E-state index contributed by atoms with van der Waals surface area (Å²) < 4.78 is 6.21. The highest BCUT2D eigenvalue weighted by Gasteiger charge is 2.22. The van der Waals surface area contributed by atoms with Gasteiger partial charge in [0.15, 0.2) is 0 Å². The molecule has 1 amide bonds. The highest BCUT2D eigenvalue weighted by atomic mass is 79.9. The van der Waals surface area contributed by atoms with Gasteiger partial charge in [0.25, 0.3) is 0 Å². The van der Waals surface area contributed by atoms with Crippen LogP contribution in [0.2, 0.25) is 0 Å². The van der Waals surface area contributed by atoms with Gasteiger partial charge in [-0.25, -0.2) is 4.98 Å². The molecule has 1 saturated heterocycles. The van der Waals surface area contributed by atoms with Gasteiger partial charge in [0, 0.05) is 23.8 Å². The third-order valence-corrected chi connectivity index (χ3v) is 3.93. The maximum atomic E-state index is 12.2. The first-order chi connectivity index (χ1) is 9.08. The number of nitrogens with zero attached hydrogens (tertiary/aromatic N) is 2. The van der Waals surface area contributed by atoms with Gasteiger partial charge in [0.2, 0.25) is 5.91 Å². The zero-order valence-electron chi connectivity index (χ0n) is 11.1. The van der Waals surface area contributed by atoms with Gasteiger partial charge in [0.05, 0.1) is 13.2 Å². The molecule has 1 aromatic heterocycles. The van der Waals surface area contributed by atoms with Crippen molar-refractivity contribution in [2.24, 2.45) is 0 Å². The monoisotopic (exact) mass is 327 g/mol. The van der Waals surface area contributed by atoms with E-state index in [0.717, 1.165) is 15.9 Å². The van der Waals surface area contributed by atoms with Crippen molar-refractivity contribution < 1.29 is 9.53 Å². The lowest BCUT2D eigenvalue weighted by molar-refractivity contribution is -0.135. The molecular formula is C13H18BrN3O2. The van der Waals surface area contributed by atoms with Gasteiger partial charge in [-0.3, -0.25) is 4.79 Å². The van der Waals surface area contributed by atoms with Gasteiger partial charge < -0.3 is 15.0 Å². The van der Waals surface area contributed by atoms with Crippen LogP contribution in [-0.4, -0.2) is 48.1 Å². The average molecular weight is 328 g/mol. The van der Waals surface area contributed by atoms with Crippen LogP contribution in [0.15, 0.2) is 16.7 Å². The maximum absolute atomic E-state index is 12.2. The number of morpholine rings is 1. The van der Waals surface area contributed by atoms with E-state index in [4.69, 9.17) is 4.74 Å². The molecule has 1 fully saturated rings. The lowest BCUT2D eigenvalue weighted by Crippen LogP contribution is -2.47. The number of hydrogen-bond acceptors (Lipinski definition) is 4.